The zero-order valence-electron chi connectivity index (χ0n) is 8.99. The molecule has 1 rings (SSSR count). The molecule has 1 N–H and O–H groups in total. The highest BCUT2D eigenvalue weighted by Gasteiger charge is 1.98. The van der Waals surface area contributed by atoms with E-state index in [-0.39, 0.29) is 0 Å². The first-order chi connectivity index (χ1) is 6.79. The molecule has 0 saturated heterocycles. The minimum absolute atomic E-state index is 0.710. The highest BCUT2D eigenvalue weighted by atomic mass is 16.5. The molecular weight excluding hydrogens is 178 g/mol. The molecule has 0 radical (unpaired) electrons. The predicted octanol–water partition coefficient (Wildman–Crippen LogP) is 1.64. The fraction of sp³-hybridized carbons (Fsp3) is 0.800. The third-order valence-electron chi connectivity index (χ3n) is 2.06. The maximum Gasteiger partial charge on any atom is 0.227 e. The molecule has 0 saturated carbocycles. The first-order valence-corrected chi connectivity index (χ1v) is 5.25. The Morgan fingerprint density at radius 3 is 2.93 bits per heavy atom. The molecule has 0 atom stereocenters. The SMILES string of the molecule is CC(C)CCCNCCc1ncno1. The van der Waals surface area contributed by atoms with E-state index in [1.165, 1.54) is 19.2 Å². The lowest BCUT2D eigenvalue weighted by Crippen LogP contribution is -2.18. The van der Waals surface area contributed by atoms with Gasteiger partial charge in [0.1, 0.15) is 0 Å². The van der Waals surface area contributed by atoms with Gasteiger partial charge in [-0.3, -0.25) is 0 Å². The molecule has 4 nitrogen and oxygen atoms in total. The quantitative estimate of drug-likeness (QED) is 0.675. The lowest BCUT2D eigenvalue weighted by molar-refractivity contribution is 0.374. The van der Waals surface area contributed by atoms with Crippen molar-refractivity contribution in [3.63, 3.8) is 0 Å². The summed E-state index contributed by atoms with van der Waals surface area (Å²) in [6.07, 6.45) is 4.78. The molecule has 0 fully saturated rings. The van der Waals surface area contributed by atoms with Gasteiger partial charge >= 0.3 is 0 Å². The van der Waals surface area contributed by atoms with E-state index < -0.39 is 0 Å². The third-order valence-corrected chi connectivity index (χ3v) is 2.06. The third kappa shape index (κ3) is 4.97. The highest BCUT2D eigenvalue weighted by Crippen LogP contribution is 2.01. The molecule has 14 heavy (non-hydrogen) atoms. The average Bonchev–Trinajstić information content (AvgIpc) is 2.63. The highest BCUT2D eigenvalue weighted by molar-refractivity contribution is 4.74. The van der Waals surface area contributed by atoms with Crippen molar-refractivity contribution in [3.05, 3.63) is 12.2 Å². The van der Waals surface area contributed by atoms with Gasteiger partial charge in [0.25, 0.3) is 0 Å². The van der Waals surface area contributed by atoms with Crippen LogP contribution in [0.15, 0.2) is 10.9 Å². The Bertz CT molecular complexity index is 221. The Balaban J connectivity index is 1.90. The summed E-state index contributed by atoms with van der Waals surface area (Å²) >= 11 is 0. The first kappa shape index (κ1) is 11.2. The molecule has 0 aliphatic rings. The molecule has 0 aliphatic heterocycles. The number of hydrogen-bond donors (Lipinski definition) is 1. The van der Waals surface area contributed by atoms with Crippen LogP contribution >= 0.6 is 0 Å². The van der Waals surface area contributed by atoms with E-state index in [0.717, 1.165) is 25.4 Å². The normalized spacial score (nSPS) is 11.1. The van der Waals surface area contributed by atoms with Crippen molar-refractivity contribution >= 4 is 0 Å². The molecule has 1 heterocycles. The largest absolute Gasteiger partial charge is 0.340 e. The van der Waals surface area contributed by atoms with Crippen LogP contribution in [0.3, 0.4) is 0 Å². The fourth-order valence-corrected chi connectivity index (χ4v) is 1.26. The van der Waals surface area contributed by atoms with Crippen molar-refractivity contribution < 1.29 is 4.52 Å². The van der Waals surface area contributed by atoms with Crippen LogP contribution in [0.25, 0.3) is 0 Å². The van der Waals surface area contributed by atoms with Crippen LogP contribution in [0, 0.1) is 5.92 Å². The second-order valence-corrected chi connectivity index (χ2v) is 3.87. The Morgan fingerprint density at radius 1 is 1.43 bits per heavy atom. The maximum atomic E-state index is 4.88. The second kappa shape index (κ2) is 6.54. The van der Waals surface area contributed by atoms with E-state index in [4.69, 9.17) is 4.52 Å². The number of nitrogens with one attached hydrogen (secondary N) is 1. The lowest BCUT2D eigenvalue weighted by atomic mass is 10.1. The maximum absolute atomic E-state index is 4.88. The molecule has 4 heteroatoms. The molecule has 0 unspecified atom stereocenters. The minimum Gasteiger partial charge on any atom is -0.340 e. The van der Waals surface area contributed by atoms with Gasteiger partial charge in [-0.25, -0.2) is 0 Å². The van der Waals surface area contributed by atoms with Gasteiger partial charge in [0.15, 0.2) is 6.33 Å². The van der Waals surface area contributed by atoms with Gasteiger partial charge in [-0.15, -0.1) is 0 Å². The molecule has 80 valence electrons. The van der Waals surface area contributed by atoms with Crippen LogP contribution in [0.4, 0.5) is 0 Å². The van der Waals surface area contributed by atoms with Crippen LogP contribution in [-0.4, -0.2) is 23.2 Å². The number of aromatic nitrogens is 2. The first-order valence-electron chi connectivity index (χ1n) is 5.25. The molecule has 0 aliphatic carbocycles. The van der Waals surface area contributed by atoms with Gasteiger partial charge in [0.2, 0.25) is 5.89 Å². The summed E-state index contributed by atoms with van der Waals surface area (Å²) in [4.78, 5) is 3.94. The fourth-order valence-electron chi connectivity index (χ4n) is 1.26. The van der Waals surface area contributed by atoms with E-state index in [1.807, 2.05) is 0 Å². The van der Waals surface area contributed by atoms with Crippen LogP contribution in [-0.2, 0) is 6.42 Å². The summed E-state index contributed by atoms with van der Waals surface area (Å²) in [5.41, 5.74) is 0. The number of hydrogen-bond acceptors (Lipinski definition) is 4. The van der Waals surface area contributed by atoms with Crippen LogP contribution in [0.1, 0.15) is 32.6 Å². The van der Waals surface area contributed by atoms with Crippen molar-refractivity contribution in [1.29, 1.82) is 0 Å². The monoisotopic (exact) mass is 197 g/mol. The van der Waals surface area contributed by atoms with Gasteiger partial charge in [0.05, 0.1) is 0 Å². The zero-order chi connectivity index (χ0) is 10.2. The standard InChI is InChI=1S/C10H19N3O/c1-9(2)4-3-6-11-7-5-10-12-8-13-14-10/h8-9,11H,3-7H2,1-2H3. The summed E-state index contributed by atoms with van der Waals surface area (Å²) < 4.78 is 4.88. The van der Waals surface area contributed by atoms with Gasteiger partial charge in [-0.2, -0.15) is 4.98 Å². The Kier molecular flexibility index (Phi) is 5.22. The van der Waals surface area contributed by atoms with Gasteiger partial charge in [-0.05, 0) is 25.3 Å². The van der Waals surface area contributed by atoms with Crippen molar-refractivity contribution in [2.24, 2.45) is 5.92 Å². The molecule has 1 aromatic rings. The molecule has 0 spiro atoms. The van der Waals surface area contributed by atoms with E-state index in [0.29, 0.717) is 5.89 Å². The van der Waals surface area contributed by atoms with E-state index >= 15 is 0 Å². The molecule has 0 amide bonds. The van der Waals surface area contributed by atoms with Crippen LogP contribution in [0.2, 0.25) is 0 Å². The Morgan fingerprint density at radius 2 is 2.29 bits per heavy atom. The summed E-state index contributed by atoms with van der Waals surface area (Å²) in [7, 11) is 0. The van der Waals surface area contributed by atoms with E-state index in [2.05, 4.69) is 29.3 Å². The summed E-state index contributed by atoms with van der Waals surface area (Å²) in [5, 5.41) is 6.90. The number of nitrogens with zero attached hydrogens (tertiary/aromatic N) is 2. The number of rotatable bonds is 7. The predicted molar refractivity (Wildman–Crippen MR) is 54.9 cm³/mol. The minimum atomic E-state index is 0.710. The Labute approximate surface area is 85.1 Å². The van der Waals surface area contributed by atoms with E-state index in [1.54, 1.807) is 0 Å². The zero-order valence-corrected chi connectivity index (χ0v) is 8.99. The summed E-state index contributed by atoms with van der Waals surface area (Å²) in [6.45, 7) is 6.49. The van der Waals surface area contributed by atoms with Crippen molar-refractivity contribution in [2.75, 3.05) is 13.1 Å². The smallest absolute Gasteiger partial charge is 0.227 e. The lowest BCUT2D eigenvalue weighted by Gasteiger charge is -2.04. The molecule has 0 bridgehead atoms. The van der Waals surface area contributed by atoms with Gasteiger partial charge < -0.3 is 9.84 Å². The van der Waals surface area contributed by atoms with Gasteiger partial charge in [0, 0.05) is 13.0 Å². The average molecular weight is 197 g/mol. The van der Waals surface area contributed by atoms with Gasteiger partial charge in [-0.1, -0.05) is 19.0 Å². The summed E-state index contributed by atoms with van der Waals surface area (Å²) in [5.74, 6) is 1.51. The van der Waals surface area contributed by atoms with Crippen molar-refractivity contribution in [3.8, 4) is 0 Å². The second-order valence-electron chi connectivity index (χ2n) is 3.87. The molecule has 1 aromatic heterocycles. The molecule has 0 aromatic carbocycles. The van der Waals surface area contributed by atoms with Crippen molar-refractivity contribution in [1.82, 2.24) is 15.5 Å². The molecular formula is C10H19N3O. The summed E-state index contributed by atoms with van der Waals surface area (Å²) in [6, 6.07) is 0. The van der Waals surface area contributed by atoms with Crippen LogP contribution in [0.5, 0.6) is 0 Å². The van der Waals surface area contributed by atoms with E-state index in [9.17, 15) is 0 Å². The Hall–Kier alpha value is -0.900. The van der Waals surface area contributed by atoms with Crippen LogP contribution < -0.4 is 5.32 Å². The van der Waals surface area contributed by atoms with Crippen molar-refractivity contribution in [2.45, 2.75) is 33.1 Å². The topological polar surface area (TPSA) is 51.0 Å².